The third-order valence-electron chi connectivity index (χ3n) is 6.03. The summed E-state index contributed by atoms with van der Waals surface area (Å²) in [6.45, 7) is 2.19. The van der Waals surface area contributed by atoms with Gasteiger partial charge in [-0.1, -0.05) is 43.4 Å². The molecule has 0 bridgehead atoms. The first-order chi connectivity index (χ1) is 18.3. The highest BCUT2D eigenvalue weighted by molar-refractivity contribution is 8.00. The maximum Gasteiger partial charge on any atom is 0.177 e. The zero-order valence-electron chi connectivity index (χ0n) is 20.4. The number of allylic oxidation sites excluding steroid dienone is 2. The standard InChI is InChI=1S/C27H25F3N4O3S/c1-18(27(35,15-34-17-32-16-33-34)22-6-4-7-23(28)26(22)30)38-21-13-36-25(37-14-21)8-3-2-5-20-10-9-19(12-31)11-24(20)29/h2-11,16-18,21,25,35H,13-15H2,1H3/b5-2+,8-3+/t18?,21?,25?,27-/m1/s1. The highest BCUT2D eigenvalue weighted by Gasteiger charge is 2.41. The van der Waals surface area contributed by atoms with E-state index in [1.807, 2.05) is 6.07 Å². The molecule has 1 unspecified atom stereocenters. The summed E-state index contributed by atoms with van der Waals surface area (Å²) in [5.74, 6) is -2.65. The summed E-state index contributed by atoms with van der Waals surface area (Å²) in [6, 6.07) is 9.83. The molecule has 198 valence electrons. The van der Waals surface area contributed by atoms with E-state index in [1.165, 1.54) is 59.4 Å². The summed E-state index contributed by atoms with van der Waals surface area (Å²) in [7, 11) is 0. The average molecular weight is 543 g/mol. The summed E-state index contributed by atoms with van der Waals surface area (Å²) in [5, 5.41) is 23.7. The minimum absolute atomic E-state index is 0.131. The molecule has 0 amide bonds. The van der Waals surface area contributed by atoms with Crippen molar-refractivity contribution in [2.24, 2.45) is 0 Å². The summed E-state index contributed by atoms with van der Waals surface area (Å²) < 4.78 is 55.6. The normalized spacial score (nSPS) is 20.4. The van der Waals surface area contributed by atoms with Crippen LogP contribution in [0.25, 0.3) is 6.08 Å². The Labute approximate surface area is 222 Å². The number of rotatable bonds is 9. The third-order valence-corrected chi connectivity index (χ3v) is 7.49. The van der Waals surface area contributed by atoms with Gasteiger partial charge in [-0.05, 0) is 24.3 Å². The molecule has 38 heavy (non-hydrogen) atoms. The Hall–Kier alpha value is -3.43. The number of hydrogen-bond acceptors (Lipinski definition) is 7. The van der Waals surface area contributed by atoms with Gasteiger partial charge in [-0.15, -0.1) is 11.8 Å². The monoisotopic (exact) mass is 542 g/mol. The second-order valence-electron chi connectivity index (χ2n) is 8.65. The van der Waals surface area contributed by atoms with Crippen LogP contribution in [0, 0.1) is 28.8 Å². The first-order valence-corrected chi connectivity index (χ1v) is 12.7. The Kier molecular flexibility index (Phi) is 9.01. The van der Waals surface area contributed by atoms with Crippen molar-refractivity contribution in [3.63, 3.8) is 0 Å². The number of nitrogens with zero attached hydrogens (tertiary/aromatic N) is 4. The second-order valence-corrected chi connectivity index (χ2v) is 10.3. The van der Waals surface area contributed by atoms with Crippen LogP contribution in [0.4, 0.5) is 13.2 Å². The Balaban J connectivity index is 1.36. The average Bonchev–Trinajstić information content (AvgIpc) is 3.42. The van der Waals surface area contributed by atoms with Crippen LogP contribution in [0.3, 0.4) is 0 Å². The van der Waals surface area contributed by atoms with E-state index < -0.39 is 34.6 Å². The lowest BCUT2D eigenvalue weighted by Gasteiger charge is -2.37. The molecule has 1 saturated heterocycles. The van der Waals surface area contributed by atoms with Crippen molar-refractivity contribution in [1.29, 1.82) is 5.26 Å². The molecule has 0 radical (unpaired) electrons. The lowest BCUT2D eigenvalue weighted by atomic mass is 9.90. The summed E-state index contributed by atoms with van der Waals surface area (Å²) in [6.07, 6.45) is 8.62. The van der Waals surface area contributed by atoms with E-state index in [1.54, 1.807) is 31.2 Å². The fraction of sp³-hybridized carbons (Fsp3) is 0.296. The number of benzene rings is 2. The number of thioether (sulfide) groups is 1. The van der Waals surface area contributed by atoms with Gasteiger partial charge in [0.2, 0.25) is 0 Å². The van der Waals surface area contributed by atoms with E-state index in [-0.39, 0.29) is 22.9 Å². The summed E-state index contributed by atoms with van der Waals surface area (Å²) in [5.41, 5.74) is -1.37. The minimum atomic E-state index is -1.80. The smallest absolute Gasteiger partial charge is 0.177 e. The Morgan fingerprint density at radius 3 is 2.68 bits per heavy atom. The Morgan fingerprint density at radius 2 is 2.00 bits per heavy atom. The van der Waals surface area contributed by atoms with Crippen LogP contribution in [0.2, 0.25) is 0 Å². The Morgan fingerprint density at radius 1 is 1.21 bits per heavy atom. The van der Waals surface area contributed by atoms with Crippen molar-refractivity contribution in [3.8, 4) is 6.07 Å². The van der Waals surface area contributed by atoms with Crippen LogP contribution < -0.4 is 0 Å². The molecule has 0 spiro atoms. The van der Waals surface area contributed by atoms with Crippen molar-refractivity contribution in [2.45, 2.75) is 35.9 Å². The highest BCUT2D eigenvalue weighted by atomic mass is 32.2. The molecule has 3 aromatic rings. The number of halogens is 3. The van der Waals surface area contributed by atoms with Crippen LogP contribution in [-0.4, -0.2) is 49.9 Å². The summed E-state index contributed by atoms with van der Waals surface area (Å²) in [4.78, 5) is 3.87. The topological polar surface area (TPSA) is 93.2 Å². The predicted octanol–water partition coefficient (Wildman–Crippen LogP) is 4.59. The number of aliphatic hydroxyl groups is 1. The lowest BCUT2D eigenvalue weighted by Crippen LogP contribution is -2.44. The fourth-order valence-electron chi connectivity index (χ4n) is 3.97. The minimum Gasteiger partial charge on any atom is -0.382 e. The van der Waals surface area contributed by atoms with E-state index in [9.17, 15) is 18.3 Å². The molecule has 1 N–H and O–H groups in total. The first-order valence-electron chi connectivity index (χ1n) is 11.7. The number of aromatic nitrogens is 3. The van der Waals surface area contributed by atoms with Gasteiger partial charge in [-0.25, -0.2) is 22.8 Å². The van der Waals surface area contributed by atoms with Gasteiger partial charge in [0.1, 0.15) is 24.1 Å². The van der Waals surface area contributed by atoms with Gasteiger partial charge >= 0.3 is 0 Å². The molecule has 1 aromatic heterocycles. The van der Waals surface area contributed by atoms with Crippen molar-refractivity contribution >= 4 is 17.8 Å². The predicted molar refractivity (Wildman–Crippen MR) is 136 cm³/mol. The van der Waals surface area contributed by atoms with Gasteiger partial charge in [0.25, 0.3) is 0 Å². The molecule has 2 atom stereocenters. The van der Waals surface area contributed by atoms with E-state index >= 15 is 0 Å². The van der Waals surface area contributed by atoms with Gasteiger partial charge in [0.05, 0.1) is 36.6 Å². The van der Waals surface area contributed by atoms with Crippen LogP contribution >= 0.6 is 11.8 Å². The zero-order chi connectivity index (χ0) is 27.1. The molecule has 2 heterocycles. The molecule has 0 saturated carbocycles. The fourth-order valence-corrected chi connectivity index (χ4v) is 5.29. The first kappa shape index (κ1) is 27.6. The quantitative estimate of drug-likeness (QED) is 0.396. The molecule has 7 nitrogen and oxygen atoms in total. The molecular weight excluding hydrogens is 517 g/mol. The number of nitriles is 1. The molecule has 0 aliphatic carbocycles. The molecule has 1 aliphatic heterocycles. The number of hydrogen-bond donors (Lipinski definition) is 1. The van der Waals surface area contributed by atoms with Crippen molar-refractivity contribution in [2.75, 3.05) is 13.2 Å². The second kappa shape index (κ2) is 12.4. The van der Waals surface area contributed by atoms with E-state index in [2.05, 4.69) is 10.1 Å². The van der Waals surface area contributed by atoms with Gasteiger partial charge in [-0.3, -0.25) is 0 Å². The van der Waals surface area contributed by atoms with E-state index in [4.69, 9.17) is 14.7 Å². The maximum absolute atomic E-state index is 14.7. The Bertz CT molecular complexity index is 1340. The number of ether oxygens (including phenoxy) is 2. The van der Waals surface area contributed by atoms with Crippen LogP contribution in [0.5, 0.6) is 0 Å². The lowest BCUT2D eigenvalue weighted by molar-refractivity contribution is -0.146. The molecule has 2 aromatic carbocycles. The molecule has 4 rings (SSSR count). The molecule has 1 fully saturated rings. The molecular formula is C27H25F3N4O3S. The summed E-state index contributed by atoms with van der Waals surface area (Å²) >= 11 is 1.34. The van der Waals surface area contributed by atoms with Crippen LogP contribution in [-0.2, 0) is 21.6 Å². The third kappa shape index (κ3) is 6.52. The maximum atomic E-state index is 14.7. The van der Waals surface area contributed by atoms with Gasteiger partial charge in [0, 0.05) is 16.4 Å². The molecule has 1 aliphatic rings. The molecule has 11 heteroatoms. The van der Waals surface area contributed by atoms with E-state index in [0.717, 1.165) is 6.07 Å². The van der Waals surface area contributed by atoms with Crippen molar-refractivity contribution in [3.05, 3.63) is 101 Å². The van der Waals surface area contributed by atoms with Crippen LogP contribution in [0.1, 0.15) is 23.6 Å². The van der Waals surface area contributed by atoms with Crippen molar-refractivity contribution in [1.82, 2.24) is 14.8 Å². The van der Waals surface area contributed by atoms with Gasteiger partial charge in [0.15, 0.2) is 17.9 Å². The SMILES string of the molecule is CC(SC1COC(/C=C/C=C/c2ccc(C#N)cc2F)OC1)[C@](O)(Cn1cncn1)c1cccc(F)c1F. The van der Waals surface area contributed by atoms with Crippen molar-refractivity contribution < 1.29 is 27.8 Å². The van der Waals surface area contributed by atoms with E-state index in [0.29, 0.717) is 18.8 Å². The van der Waals surface area contributed by atoms with Gasteiger partial charge < -0.3 is 14.6 Å². The van der Waals surface area contributed by atoms with Gasteiger partial charge in [-0.2, -0.15) is 10.4 Å². The zero-order valence-corrected chi connectivity index (χ0v) is 21.2. The van der Waals surface area contributed by atoms with Crippen LogP contribution in [0.15, 0.2) is 67.3 Å². The highest BCUT2D eigenvalue weighted by Crippen LogP contribution is 2.39. The largest absolute Gasteiger partial charge is 0.382 e.